The molecule has 1 aliphatic rings. The smallest absolute Gasteiger partial charge is 0.312 e. The molecular weight excluding hydrogens is 212 g/mol. The van der Waals surface area contributed by atoms with E-state index in [0.717, 1.165) is 0 Å². The van der Waals surface area contributed by atoms with E-state index >= 15 is 0 Å². The SMILES string of the molecule is NC(=O)CC1CCN(C(=O)CC(=O)O)CC1. The summed E-state index contributed by atoms with van der Waals surface area (Å²) < 4.78 is 0. The first-order valence-electron chi connectivity index (χ1n) is 5.27. The van der Waals surface area contributed by atoms with Gasteiger partial charge in [-0.3, -0.25) is 14.4 Å². The van der Waals surface area contributed by atoms with Gasteiger partial charge in [0.25, 0.3) is 0 Å². The number of carboxylic acid groups (broad SMARTS) is 1. The number of rotatable bonds is 4. The van der Waals surface area contributed by atoms with Gasteiger partial charge >= 0.3 is 5.97 Å². The maximum absolute atomic E-state index is 11.4. The fraction of sp³-hybridized carbons (Fsp3) is 0.700. The summed E-state index contributed by atoms with van der Waals surface area (Å²) in [6.45, 7) is 1.04. The number of carbonyl (C=O) groups excluding carboxylic acids is 2. The molecule has 1 saturated heterocycles. The monoisotopic (exact) mass is 228 g/mol. The highest BCUT2D eigenvalue weighted by molar-refractivity contribution is 5.93. The number of carboxylic acids is 1. The normalized spacial score (nSPS) is 17.1. The molecule has 6 nitrogen and oxygen atoms in total. The van der Waals surface area contributed by atoms with Crippen molar-refractivity contribution in [1.82, 2.24) is 4.90 Å². The minimum Gasteiger partial charge on any atom is -0.481 e. The molecule has 0 spiro atoms. The maximum atomic E-state index is 11.4. The van der Waals surface area contributed by atoms with Crippen molar-refractivity contribution in [1.29, 1.82) is 0 Å². The molecule has 3 N–H and O–H groups in total. The minimum atomic E-state index is -1.11. The standard InChI is InChI=1S/C10H16N2O4/c11-8(13)5-7-1-3-12(4-2-7)9(14)6-10(15)16/h7H,1-6H2,(H2,11,13)(H,15,16). The largest absolute Gasteiger partial charge is 0.481 e. The number of nitrogens with two attached hydrogens (primary N) is 1. The van der Waals surface area contributed by atoms with E-state index in [1.165, 1.54) is 4.90 Å². The second-order valence-electron chi connectivity index (χ2n) is 4.07. The van der Waals surface area contributed by atoms with Crippen molar-refractivity contribution in [2.24, 2.45) is 11.7 Å². The molecule has 0 aliphatic carbocycles. The van der Waals surface area contributed by atoms with Crippen molar-refractivity contribution >= 4 is 17.8 Å². The average molecular weight is 228 g/mol. The molecule has 90 valence electrons. The highest BCUT2D eigenvalue weighted by Gasteiger charge is 2.24. The van der Waals surface area contributed by atoms with Gasteiger partial charge in [-0.05, 0) is 18.8 Å². The first-order chi connectivity index (χ1) is 7.49. The average Bonchev–Trinajstić information content (AvgIpc) is 2.16. The third-order valence-electron chi connectivity index (χ3n) is 2.76. The number of hydrogen-bond acceptors (Lipinski definition) is 3. The van der Waals surface area contributed by atoms with E-state index < -0.39 is 12.4 Å². The Balaban J connectivity index is 2.34. The Morgan fingerprint density at radius 3 is 2.25 bits per heavy atom. The third-order valence-corrected chi connectivity index (χ3v) is 2.76. The highest BCUT2D eigenvalue weighted by Crippen LogP contribution is 2.20. The first-order valence-corrected chi connectivity index (χ1v) is 5.27. The van der Waals surface area contributed by atoms with Crippen molar-refractivity contribution in [3.8, 4) is 0 Å². The van der Waals surface area contributed by atoms with E-state index in [-0.39, 0.29) is 17.7 Å². The van der Waals surface area contributed by atoms with Gasteiger partial charge < -0.3 is 15.7 Å². The fourth-order valence-corrected chi connectivity index (χ4v) is 1.91. The molecule has 0 aromatic rings. The van der Waals surface area contributed by atoms with Crippen LogP contribution < -0.4 is 5.73 Å². The van der Waals surface area contributed by atoms with Crippen LogP contribution in [0.15, 0.2) is 0 Å². The van der Waals surface area contributed by atoms with Crippen LogP contribution in [0.3, 0.4) is 0 Å². The second-order valence-corrected chi connectivity index (χ2v) is 4.07. The zero-order chi connectivity index (χ0) is 12.1. The van der Waals surface area contributed by atoms with Gasteiger partial charge in [0.15, 0.2) is 0 Å². The van der Waals surface area contributed by atoms with Crippen LogP contribution in [-0.4, -0.2) is 40.9 Å². The number of aliphatic carboxylic acids is 1. The quantitative estimate of drug-likeness (QED) is 0.638. The highest BCUT2D eigenvalue weighted by atomic mass is 16.4. The summed E-state index contributed by atoms with van der Waals surface area (Å²) in [5, 5.41) is 8.48. The fourth-order valence-electron chi connectivity index (χ4n) is 1.91. The summed E-state index contributed by atoms with van der Waals surface area (Å²) in [6, 6.07) is 0. The molecule has 0 saturated carbocycles. The van der Waals surface area contributed by atoms with Crippen LogP contribution in [0.2, 0.25) is 0 Å². The van der Waals surface area contributed by atoms with E-state index in [0.29, 0.717) is 32.4 Å². The number of amides is 2. The molecule has 0 radical (unpaired) electrons. The second kappa shape index (κ2) is 5.48. The van der Waals surface area contributed by atoms with Crippen LogP contribution in [0.25, 0.3) is 0 Å². The van der Waals surface area contributed by atoms with Gasteiger partial charge in [-0.1, -0.05) is 0 Å². The van der Waals surface area contributed by atoms with Crippen LogP contribution in [0.4, 0.5) is 0 Å². The summed E-state index contributed by atoms with van der Waals surface area (Å²) in [4.78, 5) is 34.0. The predicted molar refractivity (Wildman–Crippen MR) is 55.4 cm³/mol. The van der Waals surface area contributed by atoms with Crippen molar-refractivity contribution in [2.45, 2.75) is 25.7 Å². The van der Waals surface area contributed by atoms with Gasteiger partial charge in [0.1, 0.15) is 6.42 Å². The molecule has 2 amide bonds. The van der Waals surface area contributed by atoms with E-state index in [4.69, 9.17) is 10.8 Å². The number of hydrogen-bond donors (Lipinski definition) is 2. The molecule has 6 heteroatoms. The van der Waals surface area contributed by atoms with Gasteiger partial charge in [0.2, 0.25) is 11.8 Å². The van der Waals surface area contributed by atoms with Crippen molar-refractivity contribution in [3.63, 3.8) is 0 Å². The van der Waals surface area contributed by atoms with Gasteiger partial charge in [-0.25, -0.2) is 0 Å². The molecule has 0 unspecified atom stereocenters. The third kappa shape index (κ3) is 3.88. The summed E-state index contributed by atoms with van der Waals surface area (Å²) in [5.41, 5.74) is 5.09. The number of piperidine rings is 1. The molecule has 1 rings (SSSR count). The zero-order valence-corrected chi connectivity index (χ0v) is 9.02. The maximum Gasteiger partial charge on any atom is 0.312 e. The van der Waals surface area contributed by atoms with E-state index in [1.807, 2.05) is 0 Å². The number of carbonyl (C=O) groups is 3. The lowest BCUT2D eigenvalue weighted by Crippen LogP contribution is -2.40. The van der Waals surface area contributed by atoms with Crippen LogP contribution in [0.5, 0.6) is 0 Å². The molecular formula is C10H16N2O4. The molecule has 1 fully saturated rings. The zero-order valence-electron chi connectivity index (χ0n) is 9.02. The Bertz CT molecular complexity index is 295. The molecule has 1 aliphatic heterocycles. The lowest BCUT2D eigenvalue weighted by atomic mass is 9.93. The Kier molecular flexibility index (Phi) is 4.28. The molecule has 1 heterocycles. The Labute approximate surface area is 93.4 Å². The Morgan fingerprint density at radius 1 is 1.25 bits per heavy atom. The molecule has 0 aromatic carbocycles. The molecule has 0 bridgehead atoms. The molecule has 0 aromatic heterocycles. The lowest BCUT2D eigenvalue weighted by molar-refractivity contribution is -0.144. The van der Waals surface area contributed by atoms with E-state index in [9.17, 15) is 14.4 Å². The van der Waals surface area contributed by atoms with Gasteiger partial charge in [0, 0.05) is 19.5 Å². The van der Waals surface area contributed by atoms with Crippen molar-refractivity contribution in [2.75, 3.05) is 13.1 Å². The first kappa shape index (κ1) is 12.5. The lowest BCUT2D eigenvalue weighted by Gasteiger charge is -2.31. The molecule has 0 atom stereocenters. The molecule has 16 heavy (non-hydrogen) atoms. The number of primary amides is 1. The van der Waals surface area contributed by atoms with Gasteiger partial charge in [0.05, 0.1) is 0 Å². The van der Waals surface area contributed by atoms with E-state index in [2.05, 4.69) is 0 Å². The predicted octanol–water partition coefficient (Wildman–Crippen LogP) is -0.425. The van der Waals surface area contributed by atoms with E-state index in [1.54, 1.807) is 0 Å². The summed E-state index contributed by atoms with van der Waals surface area (Å²) >= 11 is 0. The summed E-state index contributed by atoms with van der Waals surface area (Å²) in [7, 11) is 0. The topological polar surface area (TPSA) is 101 Å². The van der Waals surface area contributed by atoms with Gasteiger partial charge in [-0.15, -0.1) is 0 Å². The van der Waals surface area contributed by atoms with Crippen molar-refractivity contribution in [3.05, 3.63) is 0 Å². The number of nitrogens with zero attached hydrogens (tertiary/aromatic N) is 1. The summed E-state index contributed by atoms with van der Waals surface area (Å²) in [5.74, 6) is -1.56. The van der Waals surface area contributed by atoms with Crippen LogP contribution >= 0.6 is 0 Å². The Hall–Kier alpha value is -1.59. The number of likely N-dealkylation sites (tertiary alicyclic amines) is 1. The summed E-state index contributed by atoms with van der Waals surface area (Å²) in [6.07, 6.45) is 1.32. The minimum absolute atomic E-state index is 0.228. The van der Waals surface area contributed by atoms with Crippen LogP contribution in [0.1, 0.15) is 25.7 Å². The van der Waals surface area contributed by atoms with Crippen molar-refractivity contribution < 1.29 is 19.5 Å². The van der Waals surface area contributed by atoms with Gasteiger partial charge in [-0.2, -0.15) is 0 Å². The van der Waals surface area contributed by atoms with Crippen LogP contribution in [-0.2, 0) is 14.4 Å². The Morgan fingerprint density at radius 2 is 1.81 bits per heavy atom. The van der Waals surface area contributed by atoms with Crippen LogP contribution in [0, 0.1) is 5.92 Å².